The molecule has 1 aliphatic rings. The number of fused-ring (bicyclic) bond motifs is 1. The van der Waals surface area contributed by atoms with Gasteiger partial charge in [-0.3, -0.25) is 0 Å². The van der Waals surface area contributed by atoms with Gasteiger partial charge in [-0.25, -0.2) is 0 Å². The lowest BCUT2D eigenvalue weighted by atomic mass is 10.1. The number of hydrogen-bond acceptors (Lipinski definition) is 3. The fourth-order valence-electron chi connectivity index (χ4n) is 1.90. The van der Waals surface area contributed by atoms with Gasteiger partial charge in [0.1, 0.15) is 0 Å². The number of rotatable bonds is 1. The second kappa shape index (κ2) is 4.11. The lowest BCUT2D eigenvalue weighted by Gasteiger charge is -2.27. The molecular formula is C12H11BrN2S. The van der Waals surface area contributed by atoms with Crippen LogP contribution >= 0.6 is 27.3 Å². The van der Waals surface area contributed by atoms with E-state index in [4.69, 9.17) is 0 Å². The van der Waals surface area contributed by atoms with Gasteiger partial charge in [0.2, 0.25) is 0 Å². The minimum absolute atomic E-state index is 0.377. The minimum Gasteiger partial charge on any atom is -0.381 e. The van der Waals surface area contributed by atoms with Gasteiger partial charge in [0, 0.05) is 15.9 Å². The quantitative estimate of drug-likeness (QED) is 0.828. The Hall–Kier alpha value is -1.00. The van der Waals surface area contributed by atoms with E-state index in [0.29, 0.717) is 6.04 Å². The zero-order chi connectivity index (χ0) is 11.0. The smallest absolute Gasteiger partial charge is 0.0779 e. The van der Waals surface area contributed by atoms with Gasteiger partial charge >= 0.3 is 0 Å². The van der Waals surface area contributed by atoms with E-state index < -0.39 is 0 Å². The van der Waals surface area contributed by atoms with Crippen LogP contribution in [0, 0.1) is 0 Å². The summed E-state index contributed by atoms with van der Waals surface area (Å²) < 4.78 is 1.10. The summed E-state index contributed by atoms with van der Waals surface area (Å²) in [6.07, 6.45) is 0. The van der Waals surface area contributed by atoms with Gasteiger partial charge in [0.25, 0.3) is 0 Å². The second-order valence-electron chi connectivity index (χ2n) is 3.78. The fraction of sp³-hybridized carbons (Fsp3) is 0.167. The van der Waals surface area contributed by atoms with Crippen LogP contribution in [0.1, 0.15) is 10.9 Å². The van der Waals surface area contributed by atoms with Crippen molar-refractivity contribution in [2.24, 2.45) is 0 Å². The Morgan fingerprint density at radius 3 is 3.00 bits per heavy atom. The molecule has 1 aromatic heterocycles. The van der Waals surface area contributed by atoms with Crippen LogP contribution < -0.4 is 10.6 Å². The van der Waals surface area contributed by atoms with Crippen LogP contribution in [0.4, 0.5) is 11.4 Å². The monoisotopic (exact) mass is 294 g/mol. The largest absolute Gasteiger partial charge is 0.381 e. The molecule has 1 aromatic carbocycles. The van der Waals surface area contributed by atoms with Crippen molar-refractivity contribution >= 4 is 38.6 Å². The van der Waals surface area contributed by atoms with E-state index in [1.54, 1.807) is 11.3 Å². The minimum atomic E-state index is 0.377. The summed E-state index contributed by atoms with van der Waals surface area (Å²) in [5.41, 5.74) is 2.34. The molecule has 0 radical (unpaired) electrons. The first-order valence-corrected chi connectivity index (χ1v) is 6.83. The van der Waals surface area contributed by atoms with Gasteiger partial charge in [-0.1, -0.05) is 22.0 Å². The predicted molar refractivity (Wildman–Crippen MR) is 73.3 cm³/mol. The summed E-state index contributed by atoms with van der Waals surface area (Å²) >= 11 is 5.29. The van der Waals surface area contributed by atoms with E-state index in [-0.39, 0.29) is 0 Å². The van der Waals surface area contributed by atoms with Crippen LogP contribution in [0.3, 0.4) is 0 Å². The van der Waals surface area contributed by atoms with Crippen LogP contribution in [0.15, 0.2) is 40.2 Å². The Bertz CT molecular complexity index is 496. The predicted octanol–water partition coefficient (Wildman–Crippen LogP) is 4.09. The number of halogens is 1. The Morgan fingerprint density at radius 1 is 1.25 bits per heavy atom. The summed E-state index contributed by atoms with van der Waals surface area (Å²) in [5, 5.41) is 9.13. The van der Waals surface area contributed by atoms with Gasteiger partial charge in [0.05, 0.1) is 17.4 Å². The molecule has 0 aliphatic carbocycles. The highest BCUT2D eigenvalue weighted by Gasteiger charge is 2.19. The third-order valence-electron chi connectivity index (χ3n) is 2.69. The van der Waals surface area contributed by atoms with Crippen molar-refractivity contribution in [3.8, 4) is 0 Å². The highest BCUT2D eigenvalue weighted by Crippen LogP contribution is 2.34. The number of anilines is 2. The molecule has 1 aliphatic heterocycles. The lowest BCUT2D eigenvalue weighted by molar-refractivity contribution is 0.820. The summed E-state index contributed by atoms with van der Waals surface area (Å²) in [5.74, 6) is 0. The van der Waals surface area contributed by atoms with Crippen LogP contribution in [-0.4, -0.2) is 6.54 Å². The van der Waals surface area contributed by atoms with Crippen molar-refractivity contribution in [3.05, 3.63) is 45.1 Å². The Balaban J connectivity index is 1.91. The molecule has 2 heterocycles. The molecule has 0 saturated carbocycles. The van der Waals surface area contributed by atoms with E-state index in [0.717, 1.165) is 11.0 Å². The maximum Gasteiger partial charge on any atom is 0.0779 e. The van der Waals surface area contributed by atoms with Crippen molar-refractivity contribution in [1.82, 2.24) is 0 Å². The molecule has 3 rings (SSSR count). The zero-order valence-electron chi connectivity index (χ0n) is 8.53. The molecule has 0 spiro atoms. The topological polar surface area (TPSA) is 24.1 Å². The molecule has 82 valence electrons. The summed E-state index contributed by atoms with van der Waals surface area (Å²) in [4.78, 5) is 1.37. The van der Waals surface area contributed by atoms with E-state index in [2.05, 4.69) is 62.3 Å². The van der Waals surface area contributed by atoms with E-state index >= 15 is 0 Å². The molecule has 1 atom stereocenters. The first-order valence-electron chi connectivity index (χ1n) is 5.16. The second-order valence-corrected chi connectivity index (χ2v) is 5.68. The molecule has 4 heteroatoms. The standard InChI is InChI=1S/C12H11BrN2S/c13-8-3-4-9-10(6-8)15-11(7-14-9)12-2-1-5-16-12/h1-6,11,14-15H,7H2. The number of thiophene rings is 1. The molecule has 16 heavy (non-hydrogen) atoms. The summed E-state index contributed by atoms with van der Waals surface area (Å²) in [7, 11) is 0. The Kier molecular flexibility index (Phi) is 2.61. The normalized spacial score (nSPS) is 18.4. The first kappa shape index (κ1) is 10.2. The molecule has 2 N–H and O–H groups in total. The van der Waals surface area contributed by atoms with Crippen molar-refractivity contribution in [1.29, 1.82) is 0 Å². The van der Waals surface area contributed by atoms with Crippen LogP contribution in [-0.2, 0) is 0 Å². The maximum absolute atomic E-state index is 3.56. The van der Waals surface area contributed by atoms with Crippen molar-refractivity contribution in [3.63, 3.8) is 0 Å². The number of nitrogens with one attached hydrogen (secondary N) is 2. The van der Waals surface area contributed by atoms with Gasteiger partial charge in [0.15, 0.2) is 0 Å². The average Bonchev–Trinajstić information content (AvgIpc) is 2.81. The third kappa shape index (κ3) is 1.83. The molecular weight excluding hydrogens is 284 g/mol. The number of hydrogen-bond donors (Lipinski definition) is 2. The first-order chi connectivity index (χ1) is 7.83. The van der Waals surface area contributed by atoms with Crippen molar-refractivity contribution in [2.75, 3.05) is 17.2 Å². The maximum atomic E-state index is 3.56. The zero-order valence-corrected chi connectivity index (χ0v) is 10.9. The molecule has 2 nitrogen and oxygen atoms in total. The van der Waals surface area contributed by atoms with Crippen LogP contribution in [0.2, 0.25) is 0 Å². The fourth-order valence-corrected chi connectivity index (χ4v) is 3.04. The van der Waals surface area contributed by atoms with Gasteiger partial charge in [-0.05, 0) is 29.6 Å². The van der Waals surface area contributed by atoms with Crippen LogP contribution in [0.25, 0.3) is 0 Å². The van der Waals surface area contributed by atoms with Gasteiger partial charge in [-0.15, -0.1) is 11.3 Å². The highest BCUT2D eigenvalue weighted by atomic mass is 79.9. The molecule has 0 amide bonds. The van der Waals surface area contributed by atoms with E-state index in [1.165, 1.54) is 16.3 Å². The number of benzene rings is 1. The third-order valence-corrected chi connectivity index (χ3v) is 4.17. The molecule has 2 aromatic rings. The van der Waals surface area contributed by atoms with Crippen molar-refractivity contribution < 1.29 is 0 Å². The SMILES string of the molecule is Brc1ccc2c(c1)NC(c1cccs1)CN2. The Labute approximate surface area is 107 Å². The molecule has 1 unspecified atom stereocenters. The summed E-state index contributed by atoms with van der Waals surface area (Å²) in [6.45, 7) is 0.940. The van der Waals surface area contributed by atoms with E-state index in [1.807, 2.05) is 0 Å². The molecule has 0 saturated heterocycles. The van der Waals surface area contributed by atoms with Gasteiger partial charge in [-0.2, -0.15) is 0 Å². The van der Waals surface area contributed by atoms with Gasteiger partial charge < -0.3 is 10.6 Å². The average molecular weight is 295 g/mol. The Morgan fingerprint density at radius 2 is 2.19 bits per heavy atom. The van der Waals surface area contributed by atoms with Crippen LogP contribution in [0.5, 0.6) is 0 Å². The molecule has 0 bridgehead atoms. The lowest BCUT2D eigenvalue weighted by Crippen LogP contribution is -2.24. The summed E-state index contributed by atoms with van der Waals surface area (Å²) in [6, 6.07) is 10.9. The molecule has 0 fully saturated rings. The van der Waals surface area contributed by atoms with Crippen molar-refractivity contribution in [2.45, 2.75) is 6.04 Å². The highest BCUT2D eigenvalue weighted by molar-refractivity contribution is 9.10. The van der Waals surface area contributed by atoms with E-state index in [9.17, 15) is 0 Å².